The summed E-state index contributed by atoms with van der Waals surface area (Å²) in [5.74, 6) is 0.828. The highest BCUT2D eigenvalue weighted by molar-refractivity contribution is 7.99. The van der Waals surface area contributed by atoms with Crippen molar-refractivity contribution in [1.82, 2.24) is 20.6 Å². The number of hydrogen-bond acceptors (Lipinski definition) is 8. The summed E-state index contributed by atoms with van der Waals surface area (Å²) >= 11 is 3.17. The number of carbonyl (C=O) groups excluding carboxylic acids is 1. The molecule has 4 heterocycles. The van der Waals surface area contributed by atoms with E-state index in [4.69, 9.17) is 0 Å². The number of benzene rings is 1. The first-order valence-corrected chi connectivity index (χ1v) is 12.0. The van der Waals surface area contributed by atoms with E-state index in [1.165, 1.54) is 23.7 Å². The summed E-state index contributed by atoms with van der Waals surface area (Å²) in [5.41, 5.74) is 0.416. The molecule has 10 heteroatoms. The highest BCUT2D eigenvalue weighted by Crippen LogP contribution is 2.46. The molecule has 1 aromatic carbocycles. The smallest absolute Gasteiger partial charge is 0.253 e. The van der Waals surface area contributed by atoms with Crippen LogP contribution in [0.2, 0.25) is 0 Å². The molecular weight excluding hydrogens is 447 g/mol. The molecule has 7 nitrogen and oxygen atoms in total. The van der Waals surface area contributed by atoms with E-state index in [9.17, 15) is 14.4 Å². The summed E-state index contributed by atoms with van der Waals surface area (Å²) < 4.78 is 13.3. The Morgan fingerprint density at radius 2 is 2.09 bits per heavy atom. The first-order chi connectivity index (χ1) is 15.6. The zero-order chi connectivity index (χ0) is 22.1. The highest BCUT2D eigenvalue weighted by Gasteiger charge is 2.53. The number of thiophene rings is 1. The van der Waals surface area contributed by atoms with Crippen LogP contribution in [0.4, 0.5) is 10.3 Å². The van der Waals surface area contributed by atoms with Crippen LogP contribution in [0.25, 0.3) is 0 Å². The van der Waals surface area contributed by atoms with E-state index in [2.05, 4.69) is 26.7 Å². The third-order valence-electron chi connectivity index (χ3n) is 5.79. The van der Waals surface area contributed by atoms with Gasteiger partial charge in [-0.25, -0.2) is 14.4 Å². The van der Waals surface area contributed by atoms with E-state index < -0.39 is 11.4 Å². The molecule has 2 fully saturated rings. The highest BCUT2D eigenvalue weighted by atomic mass is 32.2. The molecule has 0 aliphatic carbocycles. The van der Waals surface area contributed by atoms with Gasteiger partial charge >= 0.3 is 0 Å². The van der Waals surface area contributed by atoms with Gasteiger partial charge in [-0.05, 0) is 18.2 Å². The van der Waals surface area contributed by atoms with Crippen LogP contribution in [0, 0.1) is 23.1 Å². The minimum atomic E-state index is -0.489. The van der Waals surface area contributed by atoms with Crippen LogP contribution >= 0.6 is 23.1 Å². The Hall–Kier alpha value is -3.00. The second-order valence-electron chi connectivity index (χ2n) is 7.76. The van der Waals surface area contributed by atoms with Crippen molar-refractivity contribution in [2.24, 2.45) is 5.92 Å². The average Bonchev–Trinajstić information content (AvgIpc) is 3.45. The van der Waals surface area contributed by atoms with Crippen LogP contribution in [0.5, 0.6) is 0 Å². The van der Waals surface area contributed by atoms with Gasteiger partial charge in [-0.15, -0.1) is 23.1 Å². The van der Waals surface area contributed by atoms with Crippen LogP contribution in [0.1, 0.15) is 20.8 Å². The molecule has 162 valence electrons. The Morgan fingerprint density at radius 1 is 1.31 bits per heavy atom. The van der Waals surface area contributed by atoms with Gasteiger partial charge < -0.3 is 10.2 Å². The van der Waals surface area contributed by atoms with Gasteiger partial charge in [0.05, 0.1) is 23.5 Å². The van der Waals surface area contributed by atoms with Gasteiger partial charge in [0.1, 0.15) is 11.6 Å². The topological polar surface area (TPSA) is 93.9 Å². The summed E-state index contributed by atoms with van der Waals surface area (Å²) in [7, 11) is 0. The minimum absolute atomic E-state index is 0.148. The lowest BCUT2D eigenvalue weighted by Crippen LogP contribution is -2.60. The molecule has 3 unspecified atom stereocenters. The summed E-state index contributed by atoms with van der Waals surface area (Å²) in [6, 6.07) is 13.2. The van der Waals surface area contributed by atoms with Crippen LogP contribution in [-0.2, 0) is 5.54 Å². The number of anilines is 1. The SMILES string of the molecule is N#Cc1csc(C23CN(c4ncc(F)cn4)CC2CSC(NC(=O)c2ccccc2)N3)c1. The quantitative estimate of drug-likeness (QED) is 0.611. The normalized spacial score (nSPS) is 24.6. The number of rotatable bonds is 4. The molecular formula is C22H19FN6OS2. The number of hydrogen-bond donors (Lipinski definition) is 2. The number of halogens is 1. The average molecular weight is 467 g/mol. The van der Waals surface area contributed by atoms with E-state index >= 15 is 0 Å². The number of nitriles is 1. The standard InChI is InChI=1S/C22H19FN6OS2/c23-17-8-25-20(26-9-17)29-10-16-12-32-21(27-19(30)15-4-2-1-3-5-15)28-22(16,13-29)18-6-14(7-24)11-31-18/h1-6,8-9,11,16,21,28H,10,12-13H2,(H,27,30). The molecule has 0 bridgehead atoms. The van der Waals surface area contributed by atoms with Gasteiger partial charge in [-0.3, -0.25) is 10.1 Å². The van der Waals surface area contributed by atoms with Gasteiger partial charge in [0.25, 0.3) is 5.91 Å². The molecule has 5 rings (SSSR count). The maximum Gasteiger partial charge on any atom is 0.253 e. The lowest BCUT2D eigenvalue weighted by atomic mass is 9.86. The number of carbonyl (C=O) groups is 1. The summed E-state index contributed by atoms with van der Waals surface area (Å²) in [6.07, 6.45) is 2.34. The third kappa shape index (κ3) is 3.83. The van der Waals surface area contributed by atoms with Crippen molar-refractivity contribution in [3.05, 3.63) is 76.0 Å². The van der Waals surface area contributed by atoms with Gasteiger partial charge in [0, 0.05) is 40.6 Å². The fourth-order valence-electron chi connectivity index (χ4n) is 4.23. The van der Waals surface area contributed by atoms with Gasteiger partial charge in [0.2, 0.25) is 5.95 Å². The van der Waals surface area contributed by atoms with Gasteiger partial charge in [-0.1, -0.05) is 18.2 Å². The second-order valence-corrected chi connectivity index (χ2v) is 9.81. The van der Waals surface area contributed by atoms with Crippen LogP contribution in [0.15, 0.2) is 54.2 Å². The van der Waals surface area contributed by atoms with Crippen molar-refractivity contribution in [2.75, 3.05) is 23.7 Å². The summed E-state index contributed by atoms with van der Waals surface area (Å²) in [6.45, 7) is 1.23. The van der Waals surface area contributed by atoms with E-state index in [0.717, 1.165) is 10.6 Å². The maximum atomic E-state index is 13.3. The zero-order valence-electron chi connectivity index (χ0n) is 16.9. The largest absolute Gasteiger partial charge is 0.338 e. The Labute approximate surface area is 192 Å². The molecule has 2 aromatic heterocycles. The molecule has 3 atom stereocenters. The van der Waals surface area contributed by atoms with Crippen LogP contribution in [-0.4, -0.2) is 40.2 Å². The third-order valence-corrected chi connectivity index (χ3v) is 8.06. The van der Waals surface area contributed by atoms with Gasteiger partial charge in [-0.2, -0.15) is 5.26 Å². The maximum absolute atomic E-state index is 13.3. The van der Waals surface area contributed by atoms with E-state index in [0.29, 0.717) is 30.2 Å². The summed E-state index contributed by atoms with van der Waals surface area (Å²) in [5, 5.41) is 17.9. The van der Waals surface area contributed by atoms with Gasteiger partial charge in [0.15, 0.2) is 5.82 Å². The minimum Gasteiger partial charge on any atom is -0.338 e. The Bertz CT molecular complexity index is 1170. The van der Waals surface area contributed by atoms with Crippen molar-refractivity contribution in [3.8, 4) is 6.07 Å². The lowest BCUT2D eigenvalue weighted by Gasteiger charge is -2.42. The van der Waals surface area contributed by atoms with Crippen LogP contribution < -0.4 is 15.5 Å². The lowest BCUT2D eigenvalue weighted by molar-refractivity contribution is 0.0934. The number of nitrogens with one attached hydrogen (secondary N) is 2. The second kappa shape index (κ2) is 8.50. The van der Waals surface area contributed by atoms with Crippen molar-refractivity contribution in [3.63, 3.8) is 0 Å². The molecule has 0 radical (unpaired) electrons. The molecule has 1 amide bonds. The fraction of sp³-hybridized carbons (Fsp3) is 0.273. The van der Waals surface area contributed by atoms with Crippen molar-refractivity contribution in [2.45, 2.75) is 11.0 Å². The number of nitrogens with zero attached hydrogens (tertiary/aromatic N) is 4. The van der Waals surface area contributed by atoms with Crippen molar-refractivity contribution in [1.29, 1.82) is 5.26 Å². The Kier molecular flexibility index (Phi) is 5.55. The molecule has 2 aliphatic heterocycles. The van der Waals surface area contributed by atoms with Crippen LogP contribution in [0.3, 0.4) is 0 Å². The Morgan fingerprint density at radius 3 is 2.81 bits per heavy atom. The number of amides is 1. The zero-order valence-corrected chi connectivity index (χ0v) is 18.5. The fourth-order valence-corrected chi connectivity index (χ4v) is 6.60. The first-order valence-electron chi connectivity index (χ1n) is 10.0. The van der Waals surface area contributed by atoms with E-state index in [-0.39, 0.29) is 17.3 Å². The molecule has 32 heavy (non-hydrogen) atoms. The monoisotopic (exact) mass is 466 g/mol. The molecule has 2 saturated heterocycles. The number of fused-ring (bicyclic) bond motifs is 1. The summed E-state index contributed by atoms with van der Waals surface area (Å²) in [4.78, 5) is 24.1. The van der Waals surface area contributed by atoms with E-state index in [1.54, 1.807) is 23.9 Å². The molecule has 0 spiro atoms. The molecule has 3 aromatic rings. The molecule has 2 aliphatic rings. The Balaban J connectivity index is 1.44. The predicted molar refractivity (Wildman–Crippen MR) is 122 cm³/mol. The number of thioether (sulfide) groups is 1. The molecule has 2 N–H and O–H groups in total. The van der Waals surface area contributed by atoms with E-state index in [1.807, 2.05) is 34.5 Å². The van der Waals surface area contributed by atoms with Crippen molar-refractivity contribution < 1.29 is 9.18 Å². The first kappa shape index (κ1) is 20.9. The number of aromatic nitrogens is 2. The van der Waals surface area contributed by atoms with Crippen molar-refractivity contribution >= 4 is 35.0 Å². The predicted octanol–water partition coefficient (Wildman–Crippen LogP) is 2.93. The molecule has 0 saturated carbocycles.